The largest absolute Gasteiger partial charge is 0.366 e. The predicted octanol–water partition coefficient (Wildman–Crippen LogP) is 2.87. The minimum Gasteiger partial charge on any atom is -0.366 e. The van der Waals surface area contributed by atoms with Gasteiger partial charge in [-0.25, -0.2) is 4.79 Å². The molecule has 3 heterocycles. The van der Waals surface area contributed by atoms with E-state index in [1.165, 1.54) is 6.42 Å². The van der Waals surface area contributed by atoms with E-state index in [1.807, 2.05) is 9.80 Å². The number of aromatic nitrogens is 1. The van der Waals surface area contributed by atoms with Gasteiger partial charge in [-0.05, 0) is 37.5 Å². The maximum atomic E-state index is 12.7. The van der Waals surface area contributed by atoms with Crippen molar-refractivity contribution in [1.82, 2.24) is 14.8 Å². The molecule has 1 aromatic heterocycles. The van der Waals surface area contributed by atoms with Crippen LogP contribution >= 0.6 is 0 Å². The Labute approximate surface area is 157 Å². The summed E-state index contributed by atoms with van der Waals surface area (Å²) in [4.78, 5) is 34.0. The van der Waals surface area contributed by atoms with Gasteiger partial charge in [0.05, 0.1) is 16.0 Å². The van der Waals surface area contributed by atoms with Crippen LogP contribution in [0, 0.1) is 10.1 Å². The molecule has 0 unspecified atom stereocenters. The van der Waals surface area contributed by atoms with E-state index in [4.69, 9.17) is 0 Å². The van der Waals surface area contributed by atoms with Gasteiger partial charge in [0.25, 0.3) is 5.69 Å². The van der Waals surface area contributed by atoms with Gasteiger partial charge in [-0.2, -0.15) is 0 Å². The molecule has 1 aromatic carbocycles. The van der Waals surface area contributed by atoms with Crippen molar-refractivity contribution in [3.8, 4) is 0 Å². The van der Waals surface area contributed by atoms with Crippen molar-refractivity contribution in [2.75, 3.05) is 44.2 Å². The average molecular weight is 369 g/mol. The molecule has 0 atom stereocenters. The molecule has 0 saturated carbocycles. The highest BCUT2D eigenvalue weighted by atomic mass is 16.6. The number of likely N-dealkylation sites (tertiary alicyclic amines) is 1. The van der Waals surface area contributed by atoms with Crippen molar-refractivity contribution in [3.63, 3.8) is 0 Å². The fourth-order valence-electron chi connectivity index (χ4n) is 3.98. The number of pyridine rings is 1. The Kier molecular flexibility index (Phi) is 4.79. The van der Waals surface area contributed by atoms with Gasteiger partial charge in [0.2, 0.25) is 0 Å². The smallest absolute Gasteiger partial charge is 0.320 e. The minimum atomic E-state index is -0.372. The maximum Gasteiger partial charge on any atom is 0.320 e. The van der Waals surface area contributed by atoms with E-state index in [1.54, 1.807) is 30.5 Å². The fraction of sp³-hybridized carbons (Fsp3) is 0.474. The summed E-state index contributed by atoms with van der Waals surface area (Å²) >= 11 is 0. The number of benzene rings is 1. The lowest BCUT2D eigenvalue weighted by Crippen LogP contribution is -2.53. The molecule has 2 saturated heterocycles. The van der Waals surface area contributed by atoms with Crippen LogP contribution in [0.4, 0.5) is 16.2 Å². The van der Waals surface area contributed by atoms with Crippen molar-refractivity contribution in [3.05, 3.63) is 40.6 Å². The van der Waals surface area contributed by atoms with Crippen molar-refractivity contribution >= 4 is 28.3 Å². The van der Waals surface area contributed by atoms with Crippen LogP contribution in [-0.4, -0.2) is 65.0 Å². The Morgan fingerprint density at radius 2 is 1.67 bits per heavy atom. The molecule has 0 spiro atoms. The van der Waals surface area contributed by atoms with Crippen molar-refractivity contribution in [2.45, 2.75) is 19.3 Å². The molecular weight excluding hydrogens is 346 g/mol. The number of carbonyl (C=O) groups is 1. The van der Waals surface area contributed by atoms with E-state index in [9.17, 15) is 14.9 Å². The molecule has 0 aliphatic carbocycles. The third-order valence-corrected chi connectivity index (χ3v) is 5.44. The first-order valence-corrected chi connectivity index (χ1v) is 9.46. The van der Waals surface area contributed by atoms with Gasteiger partial charge in [0.1, 0.15) is 5.52 Å². The number of amides is 2. The lowest BCUT2D eigenvalue weighted by Gasteiger charge is -2.39. The van der Waals surface area contributed by atoms with Crippen LogP contribution in [0.25, 0.3) is 10.9 Å². The molecule has 2 aromatic rings. The molecule has 2 amide bonds. The summed E-state index contributed by atoms with van der Waals surface area (Å²) in [5, 5.41) is 11.8. The van der Waals surface area contributed by atoms with Crippen molar-refractivity contribution in [1.29, 1.82) is 0 Å². The molecule has 2 fully saturated rings. The SMILES string of the molecule is O=C(N1CCCCC1)N1CCN(c2ccc([N+](=O)[O-])c3cccnc23)CC1. The van der Waals surface area contributed by atoms with E-state index in [0.29, 0.717) is 37.1 Å². The zero-order valence-corrected chi connectivity index (χ0v) is 15.2. The van der Waals surface area contributed by atoms with Gasteiger partial charge in [-0.1, -0.05) is 0 Å². The first-order chi connectivity index (χ1) is 13.1. The van der Waals surface area contributed by atoms with Crippen LogP contribution < -0.4 is 4.90 Å². The van der Waals surface area contributed by atoms with E-state index in [-0.39, 0.29) is 16.6 Å². The molecule has 0 radical (unpaired) electrons. The van der Waals surface area contributed by atoms with Crippen LogP contribution in [0.5, 0.6) is 0 Å². The third kappa shape index (κ3) is 3.39. The van der Waals surface area contributed by atoms with Crippen molar-refractivity contribution < 1.29 is 9.72 Å². The summed E-state index contributed by atoms with van der Waals surface area (Å²) in [6.45, 7) is 4.42. The Hall–Kier alpha value is -2.90. The molecule has 2 aliphatic rings. The summed E-state index contributed by atoms with van der Waals surface area (Å²) in [6, 6.07) is 6.91. The second kappa shape index (κ2) is 7.38. The lowest BCUT2D eigenvalue weighted by molar-refractivity contribution is -0.383. The van der Waals surface area contributed by atoms with E-state index in [2.05, 4.69) is 9.88 Å². The maximum absolute atomic E-state index is 12.7. The molecule has 2 aliphatic heterocycles. The average Bonchev–Trinajstić information content (AvgIpc) is 2.73. The number of fused-ring (bicyclic) bond motifs is 1. The first-order valence-electron chi connectivity index (χ1n) is 9.46. The number of carbonyl (C=O) groups excluding carboxylic acids is 1. The quantitative estimate of drug-likeness (QED) is 0.600. The Balaban J connectivity index is 1.51. The molecule has 8 heteroatoms. The number of anilines is 1. The molecule has 0 bridgehead atoms. The number of piperazine rings is 1. The van der Waals surface area contributed by atoms with Crippen LogP contribution in [0.1, 0.15) is 19.3 Å². The third-order valence-electron chi connectivity index (χ3n) is 5.44. The van der Waals surface area contributed by atoms with Gasteiger partial charge in [0, 0.05) is 51.5 Å². The number of urea groups is 1. The van der Waals surface area contributed by atoms with Crippen LogP contribution in [0.2, 0.25) is 0 Å². The van der Waals surface area contributed by atoms with Gasteiger partial charge < -0.3 is 14.7 Å². The Morgan fingerprint density at radius 3 is 2.37 bits per heavy atom. The monoisotopic (exact) mass is 369 g/mol. The fourth-order valence-corrected chi connectivity index (χ4v) is 3.98. The number of non-ortho nitro benzene ring substituents is 1. The highest BCUT2D eigenvalue weighted by molar-refractivity contribution is 5.97. The summed E-state index contributed by atoms with van der Waals surface area (Å²) in [5.41, 5.74) is 1.60. The summed E-state index contributed by atoms with van der Waals surface area (Å²) in [5.74, 6) is 0. The van der Waals surface area contributed by atoms with Crippen LogP contribution in [0.3, 0.4) is 0 Å². The number of hydrogen-bond acceptors (Lipinski definition) is 5. The Morgan fingerprint density at radius 1 is 0.963 bits per heavy atom. The first kappa shape index (κ1) is 17.5. The van der Waals surface area contributed by atoms with Crippen molar-refractivity contribution in [2.24, 2.45) is 0 Å². The second-order valence-corrected chi connectivity index (χ2v) is 7.06. The van der Waals surface area contributed by atoms with Crippen LogP contribution in [-0.2, 0) is 0 Å². The number of piperidine rings is 1. The number of nitro benzene ring substituents is 1. The van der Waals surface area contributed by atoms with Gasteiger partial charge >= 0.3 is 6.03 Å². The van der Waals surface area contributed by atoms with Gasteiger partial charge in [-0.3, -0.25) is 15.1 Å². The van der Waals surface area contributed by atoms with E-state index >= 15 is 0 Å². The number of rotatable bonds is 2. The van der Waals surface area contributed by atoms with Gasteiger partial charge in [-0.15, -0.1) is 0 Å². The predicted molar refractivity (Wildman–Crippen MR) is 103 cm³/mol. The molecule has 4 rings (SSSR count). The lowest BCUT2D eigenvalue weighted by atomic mass is 10.1. The molecule has 27 heavy (non-hydrogen) atoms. The summed E-state index contributed by atoms with van der Waals surface area (Å²) in [7, 11) is 0. The number of nitro groups is 1. The normalized spacial score (nSPS) is 18.0. The summed E-state index contributed by atoms with van der Waals surface area (Å²) in [6.07, 6.45) is 5.04. The van der Waals surface area contributed by atoms with E-state index < -0.39 is 0 Å². The molecule has 0 N–H and O–H groups in total. The summed E-state index contributed by atoms with van der Waals surface area (Å²) < 4.78 is 0. The topological polar surface area (TPSA) is 82.8 Å². The standard InChI is InChI=1S/C19H23N5O3/c25-19(22-9-2-1-3-10-22)23-13-11-21(12-14-23)17-7-6-16(24(26)27)15-5-4-8-20-18(15)17/h4-8H,1-3,9-14H2. The zero-order valence-electron chi connectivity index (χ0n) is 15.2. The Bertz CT molecular complexity index is 858. The molecule has 142 valence electrons. The molecule has 8 nitrogen and oxygen atoms in total. The zero-order chi connectivity index (χ0) is 18.8. The van der Waals surface area contributed by atoms with Crippen LogP contribution in [0.15, 0.2) is 30.5 Å². The highest BCUT2D eigenvalue weighted by Gasteiger charge is 2.27. The minimum absolute atomic E-state index is 0.0702. The number of nitrogens with zero attached hydrogens (tertiary/aromatic N) is 5. The van der Waals surface area contributed by atoms with Gasteiger partial charge in [0.15, 0.2) is 0 Å². The second-order valence-electron chi connectivity index (χ2n) is 7.06. The number of hydrogen-bond donors (Lipinski definition) is 0. The van der Waals surface area contributed by atoms with E-state index in [0.717, 1.165) is 31.6 Å². The highest BCUT2D eigenvalue weighted by Crippen LogP contribution is 2.32. The molecular formula is C19H23N5O3.